The van der Waals surface area contributed by atoms with Crippen molar-refractivity contribution < 1.29 is 5.11 Å². The number of hydrogen-bond donors (Lipinski definition) is 1. The Morgan fingerprint density at radius 3 is 2.06 bits per heavy atom. The molecule has 0 amide bonds. The van der Waals surface area contributed by atoms with E-state index >= 15 is 0 Å². The number of aliphatic hydroxyl groups is 1. The fraction of sp³-hybridized carbons (Fsp3) is 0.600. The largest absolute Gasteiger partial charge is 0.395 e. The average Bonchev–Trinajstić information content (AvgIpc) is 2.41. The van der Waals surface area contributed by atoms with Crippen LogP contribution in [0.4, 0.5) is 0 Å². The Morgan fingerprint density at radius 1 is 0.889 bits per heavy atom. The molecule has 1 aromatic carbocycles. The van der Waals surface area contributed by atoms with E-state index in [0.29, 0.717) is 0 Å². The molecule has 18 heavy (non-hydrogen) atoms. The van der Waals surface area contributed by atoms with Crippen LogP contribution in [0, 0.1) is 0 Å². The van der Waals surface area contributed by atoms with Gasteiger partial charge in [0.05, 0.1) is 6.61 Å². The molecule has 0 aromatic heterocycles. The van der Waals surface area contributed by atoms with Crippen LogP contribution in [-0.2, 0) is 6.54 Å². The normalized spacial score (nSPS) is 11.4. The lowest BCUT2D eigenvalue weighted by Crippen LogP contribution is -2.36. The van der Waals surface area contributed by atoms with Gasteiger partial charge in [0, 0.05) is 26.2 Å². The maximum absolute atomic E-state index is 9.14. The van der Waals surface area contributed by atoms with Crippen LogP contribution in [0.1, 0.15) is 19.4 Å². The molecule has 0 aliphatic carbocycles. The number of rotatable bonds is 9. The quantitative estimate of drug-likeness (QED) is 0.724. The van der Waals surface area contributed by atoms with Gasteiger partial charge >= 0.3 is 0 Å². The summed E-state index contributed by atoms with van der Waals surface area (Å²) in [6.45, 7) is 10.5. The van der Waals surface area contributed by atoms with E-state index in [1.54, 1.807) is 0 Å². The lowest BCUT2D eigenvalue weighted by atomic mass is 10.2. The highest BCUT2D eigenvalue weighted by molar-refractivity contribution is 5.14. The summed E-state index contributed by atoms with van der Waals surface area (Å²) in [7, 11) is 0. The minimum atomic E-state index is 0.227. The van der Waals surface area contributed by atoms with Crippen LogP contribution in [0.5, 0.6) is 0 Å². The molecule has 0 saturated carbocycles. The first-order valence-electron chi connectivity index (χ1n) is 6.89. The number of aliphatic hydroxyl groups excluding tert-OH is 1. The van der Waals surface area contributed by atoms with Crippen molar-refractivity contribution in [2.24, 2.45) is 0 Å². The Bertz CT molecular complexity index is 299. The Kier molecular flexibility index (Phi) is 7.65. The molecule has 0 heterocycles. The fourth-order valence-electron chi connectivity index (χ4n) is 2.08. The molecule has 0 fully saturated rings. The van der Waals surface area contributed by atoms with Gasteiger partial charge in [-0.2, -0.15) is 0 Å². The maximum Gasteiger partial charge on any atom is 0.0558 e. The lowest BCUT2D eigenvalue weighted by molar-refractivity contribution is 0.167. The third-order valence-corrected chi connectivity index (χ3v) is 3.29. The van der Waals surface area contributed by atoms with Crippen LogP contribution >= 0.6 is 0 Å². The third-order valence-electron chi connectivity index (χ3n) is 3.29. The highest BCUT2D eigenvalue weighted by atomic mass is 16.3. The average molecular weight is 250 g/mol. The van der Waals surface area contributed by atoms with Crippen LogP contribution in [-0.4, -0.2) is 54.2 Å². The standard InChI is InChI=1S/C15H26N2O/c1-3-16(4-2)10-11-17(12-13-18)14-15-8-6-5-7-9-15/h5-9,18H,3-4,10-14H2,1-2H3. The summed E-state index contributed by atoms with van der Waals surface area (Å²) in [6.07, 6.45) is 0. The lowest BCUT2D eigenvalue weighted by Gasteiger charge is -2.25. The number of likely N-dealkylation sites (N-methyl/N-ethyl adjacent to an activating group) is 1. The van der Waals surface area contributed by atoms with E-state index in [1.165, 1.54) is 5.56 Å². The van der Waals surface area contributed by atoms with Crippen LogP contribution in [0.25, 0.3) is 0 Å². The second-order valence-corrected chi connectivity index (χ2v) is 4.51. The Balaban J connectivity index is 2.44. The SMILES string of the molecule is CCN(CC)CCN(CCO)Cc1ccccc1. The maximum atomic E-state index is 9.14. The number of benzene rings is 1. The topological polar surface area (TPSA) is 26.7 Å². The van der Waals surface area contributed by atoms with Gasteiger partial charge in [0.25, 0.3) is 0 Å². The summed E-state index contributed by atoms with van der Waals surface area (Å²) in [5.74, 6) is 0. The van der Waals surface area contributed by atoms with Crippen molar-refractivity contribution in [3.63, 3.8) is 0 Å². The van der Waals surface area contributed by atoms with Crippen LogP contribution in [0.3, 0.4) is 0 Å². The summed E-state index contributed by atoms with van der Waals surface area (Å²) in [5, 5.41) is 9.14. The molecule has 0 unspecified atom stereocenters. The van der Waals surface area contributed by atoms with Crippen LogP contribution in [0.15, 0.2) is 30.3 Å². The van der Waals surface area contributed by atoms with E-state index in [-0.39, 0.29) is 6.61 Å². The molecule has 0 spiro atoms. The fourth-order valence-corrected chi connectivity index (χ4v) is 2.08. The van der Waals surface area contributed by atoms with E-state index in [1.807, 2.05) is 6.07 Å². The van der Waals surface area contributed by atoms with E-state index < -0.39 is 0 Å². The molecule has 3 heteroatoms. The van der Waals surface area contributed by atoms with Gasteiger partial charge in [0.1, 0.15) is 0 Å². The van der Waals surface area contributed by atoms with Crippen LogP contribution < -0.4 is 0 Å². The second kappa shape index (κ2) is 9.09. The zero-order valence-electron chi connectivity index (χ0n) is 11.7. The monoisotopic (exact) mass is 250 g/mol. The van der Waals surface area contributed by atoms with Crippen LogP contribution in [0.2, 0.25) is 0 Å². The first-order valence-corrected chi connectivity index (χ1v) is 6.89. The van der Waals surface area contributed by atoms with E-state index in [4.69, 9.17) is 5.11 Å². The van der Waals surface area contributed by atoms with Crippen molar-refractivity contribution in [3.8, 4) is 0 Å². The Labute approximate surface area is 111 Å². The zero-order chi connectivity index (χ0) is 13.2. The summed E-state index contributed by atoms with van der Waals surface area (Å²) in [6, 6.07) is 10.5. The van der Waals surface area contributed by atoms with Crippen molar-refractivity contribution >= 4 is 0 Å². The van der Waals surface area contributed by atoms with Gasteiger partial charge in [-0.1, -0.05) is 44.2 Å². The minimum Gasteiger partial charge on any atom is -0.395 e. The Hall–Kier alpha value is -0.900. The molecule has 3 nitrogen and oxygen atoms in total. The summed E-state index contributed by atoms with van der Waals surface area (Å²) in [4.78, 5) is 4.73. The molecule has 0 bridgehead atoms. The molecule has 1 N–H and O–H groups in total. The van der Waals surface area contributed by atoms with Crippen molar-refractivity contribution in [1.82, 2.24) is 9.80 Å². The smallest absolute Gasteiger partial charge is 0.0558 e. The van der Waals surface area contributed by atoms with Gasteiger partial charge in [0.2, 0.25) is 0 Å². The van der Waals surface area contributed by atoms with Crippen molar-refractivity contribution in [1.29, 1.82) is 0 Å². The molecule has 0 aliphatic heterocycles. The van der Waals surface area contributed by atoms with Gasteiger partial charge in [-0.25, -0.2) is 0 Å². The van der Waals surface area contributed by atoms with Crippen molar-refractivity contribution in [2.75, 3.05) is 39.3 Å². The Morgan fingerprint density at radius 2 is 1.50 bits per heavy atom. The second-order valence-electron chi connectivity index (χ2n) is 4.51. The molecule has 0 radical (unpaired) electrons. The molecular formula is C15H26N2O. The first-order chi connectivity index (χ1) is 8.80. The number of nitrogens with zero attached hydrogens (tertiary/aromatic N) is 2. The summed E-state index contributed by atoms with van der Waals surface area (Å²) >= 11 is 0. The minimum absolute atomic E-state index is 0.227. The highest BCUT2D eigenvalue weighted by Crippen LogP contribution is 2.04. The van der Waals surface area contributed by atoms with Crippen molar-refractivity contribution in [2.45, 2.75) is 20.4 Å². The molecule has 0 atom stereocenters. The van der Waals surface area contributed by atoms with Gasteiger partial charge in [-0.15, -0.1) is 0 Å². The predicted octanol–water partition coefficient (Wildman–Crippen LogP) is 1.82. The summed E-state index contributed by atoms with van der Waals surface area (Å²) in [5.41, 5.74) is 1.31. The predicted molar refractivity (Wildman–Crippen MR) is 76.6 cm³/mol. The molecule has 1 aromatic rings. The molecule has 0 saturated heterocycles. The molecule has 1 rings (SSSR count). The van der Waals surface area contributed by atoms with Crippen molar-refractivity contribution in [3.05, 3.63) is 35.9 Å². The summed E-state index contributed by atoms with van der Waals surface area (Å²) < 4.78 is 0. The zero-order valence-corrected chi connectivity index (χ0v) is 11.7. The van der Waals surface area contributed by atoms with E-state index in [0.717, 1.165) is 39.3 Å². The molecule has 0 aliphatic rings. The van der Waals surface area contributed by atoms with Gasteiger partial charge < -0.3 is 10.0 Å². The molecular weight excluding hydrogens is 224 g/mol. The van der Waals surface area contributed by atoms with Gasteiger partial charge in [-0.3, -0.25) is 4.90 Å². The highest BCUT2D eigenvalue weighted by Gasteiger charge is 2.07. The van der Waals surface area contributed by atoms with Gasteiger partial charge in [-0.05, 0) is 18.7 Å². The number of hydrogen-bond acceptors (Lipinski definition) is 3. The third kappa shape index (κ3) is 5.63. The van der Waals surface area contributed by atoms with E-state index in [9.17, 15) is 0 Å². The molecule has 102 valence electrons. The van der Waals surface area contributed by atoms with Gasteiger partial charge in [0.15, 0.2) is 0 Å². The van der Waals surface area contributed by atoms with E-state index in [2.05, 4.69) is 47.9 Å². The first kappa shape index (κ1) is 15.2.